The molecule has 2 atom stereocenters. The van der Waals surface area contributed by atoms with Crippen LogP contribution < -0.4 is 10.1 Å². The van der Waals surface area contributed by atoms with E-state index in [1.165, 1.54) is 37.7 Å². The number of methoxy groups -OCH3 is 1. The molecule has 1 saturated heterocycles. The summed E-state index contributed by atoms with van der Waals surface area (Å²) < 4.78 is 11.3. The van der Waals surface area contributed by atoms with Crippen molar-refractivity contribution in [2.45, 2.75) is 72.4 Å². The zero-order chi connectivity index (χ0) is 19.0. The minimum Gasteiger partial charge on any atom is -0.497 e. The van der Waals surface area contributed by atoms with E-state index >= 15 is 0 Å². The molecule has 1 aromatic carbocycles. The summed E-state index contributed by atoms with van der Waals surface area (Å²) in [6.45, 7) is 12.2. The first kappa shape index (κ1) is 21.2. The number of nitrogens with one attached hydrogen (secondary N) is 1. The Bertz CT molecular complexity index is 511. The average molecular weight is 362 g/mol. The van der Waals surface area contributed by atoms with Crippen LogP contribution in [0.3, 0.4) is 0 Å². The molecule has 1 fully saturated rings. The molecular weight excluding hydrogens is 322 g/mol. The van der Waals surface area contributed by atoms with E-state index in [1.54, 1.807) is 7.11 Å². The van der Waals surface area contributed by atoms with Gasteiger partial charge in [-0.15, -0.1) is 0 Å². The van der Waals surface area contributed by atoms with Crippen molar-refractivity contribution in [2.75, 3.05) is 20.3 Å². The highest BCUT2D eigenvalue weighted by Crippen LogP contribution is 2.43. The summed E-state index contributed by atoms with van der Waals surface area (Å²) in [6, 6.07) is 8.35. The van der Waals surface area contributed by atoms with Crippen LogP contribution >= 0.6 is 0 Å². The monoisotopic (exact) mass is 361 g/mol. The highest BCUT2D eigenvalue weighted by atomic mass is 16.5. The molecule has 0 spiro atoms. The normalized spacial score (nSPS) is 23.6. The molecular formula is C23H39NO2. The summed E-state index contributed by atoms with van der Waals surface area (Å²) in [5.74, 6) is 2.31. The fraction of sp³-hybridized carbons (Fsp3) is 0.739. The summed E-state index contributed by atoms with van der Waals surface area (Å²) in [4.78, 5) is 0. The molecule has 0 unspecified atom stereocenters. The van der Waals surface area contributed by atoms with Crippen LogP contribution in [0.2, 0.25) is 0 Å². The maximum absolute atomic E-state index is 6.07. The van der Waals surface area contributed by atoms with Gasteiger partial charge in [0.15, 0.2) is 0 Å². The van der Waals surface area contributed by atoms with Gasteiger partial charge < -0.3 is 14.8 Å². The second-order valence-electron chi connectivity index (χ2n) is 8.81. The summed E-state index contributed by atoms with van der Waals surface area (Å²) in [7, 11) is 1.71. The lowest BCUT2D eigenvalue weighted by molar-refractivity contribution is -0.0761. The molecule has 2 rings (SSSR count). The molecule has 3 heteroatoms. The molecule has 1 heterocycles. The van der Waals surface area contributed by atoms with Crippen molar-refractivity contribution in [3.05, 3.63) is 29.8 Å². The molecule has 0 aliphatic carbocycles. The van der Waals surface area contributed by atoms with Gasteiger partial charge in [0, 0.05) is 13.2 Å². The zero-order valence-corrected chi connectivity index (χ0v) is 17.5. The van der Waals surface area contributed by atoms with Gasteiger partial charge in [0.25, 0.3) is 0 Å². The van der Waals surface area contributed by atoms with Crippen LogP contribution in [0.5, 0.6) is 5.75 Å². The van der Waals surface area contributed by atoms with Gasteiger partial charge in [-0.05, 0) is 67.2 Å². The molecule has 1 aromatic rings. The summed E-state index contributed by atoms with van der Waals surface area (Å²) in [5, 5.41) is 3.66. The van der Waals surface area contributed by atoms with Crippen molar-refractivity contribution in [1.29, 1.82) is 0 Å². The highest BCUT2D eigenvalue weighted by Gasteiger charge is 2.37. The van der Waals surface area contributed by atoms with Crippen molar-refractivity contribution in [1.82, 2.24) is 5.32 Å². The van der Waals surface area contributed by atoms with E-state index in [0.717, 1.165) is 31.4 Å². The van der Waals surface area contributed by atoms with Gasteiger partial charge in [0.2, 0.25) is 0 Å². The Kier molecular flexibility index (Phi) is 8.43. The van der Waals surface area contributed by atoms with Crippen LogP contribution in [0.15, 0.2) is 24.3 Å². The molecule has 0 aromatic heterocycles. The fourth-order valence-corrected chi connectivity index (χ4v) is 3.95. The van der Waals surface area contributed by atoms with Crippen LogP contribution in [0.4, 0.5) is 0 Å². The maximum Gasteiger partial charge on any atom is 0.118 e. The second kappa shape index (κ2) is 10.3. The van der Waals surface area contributed by atoms with Crippen molar-refractivity contribution >= 4 is 0 Å². The topological polar surface area (TPSA) is 30.5 Å². The lowest BCUT2D eigenvalue weighted by atomic mass is 9.69. The minimum absolute atomic E-state index is 0.428. The molecule has 148 valence electrons. The van der Waals surface area contributed by atoms with Crippen LogP contribution in [0.1, 0.15) is 65.4 Å². The zero-order valence-electron chi connectivity index (χ0n) is 17.5. The first-order valence-electron chi connectivity index (χ1n) is 10.4. The molecule has 0 bridgehead atoms. The Morgan fingerprint density at radius 1 is 1.15 bits per heavy atom. The Morgan fingerprint density at radius 3 is 2.50 bits per heavy atom. The van der Waals surface area contributed by atoms with Crippen molar-refractivity contribution < 1.29 is 9.47 Å². The Morgan fingerprint density at radius 2 is 1.88 bits per heavy atom. The molecule has 0 amide bonds. The second-order valence-corrected chi connectivity index (χ2v) is 8.81. The van der Waals surface area contributed by atoms with Crippen LogP contribution in [-0.4, -0.2) is 26.4 Å². The van der Waals surface area contributed by atoms with Crippen molar-refractivity contribution in [3.63, 3.8) is 0 Å². The minimum atomic E-state index is 0.428. The van der Waals surface area contributed by atoms with E-state index in [9.17, 15) is 0 Å². The fourth-order valence-electron chi connectivity index (χ4n) is 3.95. The van der Waals surface area contributed by atoms with Crippen LogP contribution in [0.25, 0.3) is 0 Å². The SMILES string of the molecule is COc1ccc(CNCC[C@@]2(CCC(C)C)CCO[C@@H](C(C)C)C2)cc1. The summed E-state index contributed by atoms with van der Waals surface area (Å²) in [5.41, 5.74) is 1.76. The lowest BCUT2D eigenvalue weighted by Gasteiger charge is -2.43. The first-order chi connectivity index (χ1) is 12.4. The van der Waals surface area contributed by atoms with E-state index in [-0.39, 0.29) is 0 Å². The van der Waals surface area contributed by atoms with E-state index in [1.807, 2.05) is 12.1 Å². The number of hydrogen-bond acceptors (Lipinski definition) is 3. The Balaban J connectivity index is 1.87. The third kappa shape index (κ3) is 6.59. The smallest absolute Gasteiger partial charge is 0.118 e. The quantitative estimate of drug-likeness (QED) is 0.563. The third-order valence-electron chi connectivity index (χ3n) is 5.91. The van der Waals surface area contributed by atoms with Gasteiger partial charge in [-0.25, -0.2) is 0 Å². The molecule has 0 radical (unpaired) electrons. The maximum atomic E-state index is 6.07. The average Bonchev–Trinajstić information content (AvgIpc) is 2.64. The standard InChI is InChI=1S/C23H39NO2/c1-18(2)10-11-23(13-15-26-22(16-23)19(3)4)12-14-24-17-20-6-8-21(25-5)9-7-20/h6-9,18-19,22,24H,10-17H2,1-5H3/t22-,23+/m1/s1. The van der Waals surface area contributed by atoms with E-state index in [2.05, 4.69) is 45.1 Å². The highest BCUT2D eigenvalue weighted by molar-refractivity contribution is 5.26. The Labute approximate surface area is 160 Å². The molecule has 1 aliphatic heterocycles. The Hall–Kier alpha value is -1.06. The van der Waals surface area contributed by atoms with Crippen molar-refractivity contribution in [2.24, 2.45) is 17.3 Å². The predicted molar refractivity (Wildman–Crippen MR) is 110 cm³/mol. The number of rotatable bonds is 10. The molecule has 26 heavy (non-hydrogen) atoms. The molecule has 0 saturated carbocycles. The van der Waals surface area contributed by atoms with Gasteiger partial charge in [-0.2, -0.15) is 0 Å². The third-order valence-corrected chi connectivity index (χ3v) is 5.91. The molecule has 3 nitrogen and oxygen atoms in total. The predicted octanol–water partition coefficient (Wildman–Crippen LogP) is 5.43. The molecule has 1 aliphatic rings. The van der Waals surface area contributed by atoms with E-state index in [4.69, 9.17) is 9.47 Å². The summed E-state index contributed by atoms with van der Waals surface area (Å²) >= 11 is 0. The van der Waals surface area contributed by atoms with Gasteiger partial charge >= 0.3 is 0 Å². The van der Waals surface area contributed by atoms with E-state index in [0.29, 0.717) is 17.4 Å². The van der Waals surface area contributed by atoms with Gasteiger partial charge in [-0.1, -0.05) is 46.2 Å². The van der Waals surface area contributed by atoms with Gasteiger partial charge in [-0.3, -0.25) is 0 Å². The van der Waals surface area contributed by atoms with Crippen LogP contribution in [-0.2, 0) is 11.3 Å². The number of hydrogen-bond donors (Lipinski definition) is 1. The van der Waals surface area contributed by atoms with Gasteiger partial charge in [0.05, 0.1) is 13.2 Å². The lowest BCUT2D eigenvalue weighted by Crippen LogP contribution is -2.39. The number of benzene rings is 1. The van der Waals surface area contributed by atoms with E-state index < -0.39 is 0 Å². The van der Waals surface area contributed by atoms with Crippen LogP contribution in [0, 0.1) is 17.3 Å². The first-order valence-corrected chi connectivity index (χ1v) is 10.4. The summed E-state index contributed by atoms with van der Waals surface area (Å²) in [6.07, 6.45) is 6.78. The largest absolute Gasteiger partial charge is 0.497 e. The van der Waals surface area contributed by atoms with Gasteiger partial charge in [0.1, 0.15) is 5.75 Å². The van der Waals surface area contributed by atoms with Crippen molar-refractivity contribution in [3.8, 4) is 5.75 Å². The number of ether oxygens (including phenoxy) is 2. The molecule has 1 N–H and O–H groups in total.